The molecule has 206 valence electrons. The fourth-order valence-electron chi connectivity index (χ4n) is 5.11. The first kappa shape index (κ1) is 29.5. The number of hydrogen-bond donors (Lipinski definition) is 0. The van der Waals surface area contributed by atoms with Crippen LogP contribution in [0.5, 0.6) is 11.5 Å². The van der Waals surface area contributed by atoms with Gasteiger partial charge >= 0.3 is 11.9 Å². The number of carbonyl (C=O) groups excluding carboxylic acids is 2. The largest absolute Gasteiger partial charge is 0.494 e. The molecule has 1 aliphatic carbocycles. The molecule has 0 heterocycles. The number of esters is 2. The van der Waals surface area contributed by atoms with Crippen molar-refractivity contribution >= 4 is 11.9 Å². The average Bonchev–Trinajstić information content (AvgIpc) is 2.95. The van der Waals surface area contributed by atoms with Gasteiger partial charge in [-0.05, 0) is 105 Å². The normalized spacial score (nSPS) is 17.0. The van der Waals surface area contributed by atoms with Crippen molar-refractivity contribution in [1.82, 2.24) is 0 Å². The van der Waals surface area contributed by atoms with Gasteiger partial charge in [-0.25, -0.2) is 9.59 Å². The predicted octanol–water partition coefficient (Wildman–Crippen LogP) is 8.43. The van der Waals surface area contributed by atoms with Gasteiger partial charge in [-0.3, -0.25) is 0 Å². The molecule has 0 aliphatic heterocycles. The van der Waals surface area contributed by atoms with Crippen LogP contribution in [-0.2, 0) is 9.53 Å². The van der Waals surface area contributed by atoms with Crippen molar-refractivity contribution in [2.75, 3.05) is 13.2 Å². The Morgan fingerprint density at radius 3 is 2.13 bits per heavy atom. The van der Waals surface area contributed by atoms with Gasteiger partial charge in [0.1, 0.15) is 11.5 Å². The lowest BCUT2D eigenvalue weighted by Gasteiger charge is -2.29. The summed E-state index contributed by atoms with van der Waals surface area (Å²) in [6.07, 6.45) is 15.5. The molecule has 0 amide bonds. The molecule has 3 rings (SSSR count). The number of ether oxygens (including phenoxy) is 3. The highest BCUT2D eigenvalue weighted by atomic mass is 16.5. The van der Waals surface area contributed by atoms with E-state index in [0.29, 0.717) is 30.4 Å². The molecule has 1 saturated carbocycles. The Kier molecular flexibility index (Phi) is 13.0. The molecule has 0 unspecified atom stereocenters. The molecule has 0 N–H and O–H groups in total. The first-order valence-electron chi connectivity index (χ1n) is 14.4. The Morgan fingerprint density at radius 1 is 0.816 bits per heavy atom. The van der Waals surface area contributed by atoms with Crippen LogP contribution in [0.15, 0.2) is 61.2 Å². The zero-order valence-electron chi connectivity index (χ0n) is 23.0. The minimum absolute atomic E-state index is 0.344. The van der Waals surface area contributed by atoms with Crippen molar-refractivity contribution in [3.63, 3.8) is 0 Å². The molecule has 0 radical (unpaired) electrons. The van der Waals surface area contributed by atoms with E-state index in [4.69, 9.17) is 14.2 Å². The topological polar surface area (TPSA) is 61.8 Å². The molecule has 0 bridgehead atoms. The van der Waals surface area contributed by atoms with Crippen molar-refractivity contribution in [3.05, 3.63) is 72.3 Å². The molecule has 2 aromatic rings. The summed E-state index contributed by atoms with van der Waals surface area (Å²) in [5, 5.41) is 0. The first-order chi connectivity index (χ1) is 18.6. The standard InChI is InChI=1S/C33H44O5/c1-3-5-8-11-26-12-14-27(15-13-26)28-16-18-29(19-17-28)33(35)38-31-22-20-30(21-23-31)36-24-9-6-7-10-25-37-32(34)4-2/h4,16-23,26-27H,2-3,5-15,24-25H2,1H3. The van der Waals surface area contributed by atoms with Crippen molar-refractivity contribution in [2.45, 2.75) is 89.9 Å². The van der Waals surface area contributed by atoms with Crippen LogP contribution in [0.4, 0.5) is 0 Å². The van der Waals surface area contributed by atoms with Gasteiger partial charge in [-0.1, -0.05) is 51.3 Å². The maximum atomic E-state index is 12.6. The minimum atomic E-state index is -0.374. The molecule has 5 heteroatoms. The molecule has 38 heavy (non-hydrogen) atoms. The van der Waals surface area contributed by atoms with E-state index in [9.17, 15) is 9.59 Å². The Morgan fingerprint density at radius 2 is 1.47 bits per heavy atom. The van der Waals surface area contributed by atoms with Crippen LogP contribution < -0.4 is 9.47 Å². The van der Waals surface area contributed by atoms with E-state index in [2.05, 4.69) is 25.6 Å². The monoisotopic (exact) mass is 520 g/mol. The van der Waals surface area contributed by atoms with Gasteiger partial charge in [0.25, 0.3) is 0 Å². The van der Waals surface area contributed by atoms with Gasteiger partial charge in [0.2, 0.25) is 0 Å². The van der Waals surface area contributed by atoms with Crippen molar-refractivity contribution < 1.29 is 23.8 Å². The Labute approximate surface area is 228 Å². The molecule has 0 aromatic heterocycles. The maximum absolute atomic E-state index is 12.6. The van der Waals surface area contributed by atoms with Crippen LogP contribution in [0.3, 0.4) is 0 Å². The summed E-state index contributed by atoms with van der Waals surface area (Å²) in [6.45, 7) is 6.68. The predicted molar refractivity (Wildman–Crippen MR) is 152 cm³/mol. The van der Waals surface area contributed by atoms with Crippen LogP contribution in [0.2, 0.25) is 0 Å². The second-order valence-electron chi connectivity index (χ2n) is 10.3. The lowest BCUT2D eigenvalue weighted by molar-refractivity contribution is -0.137. The molecular weight excluding hydrogens is 476 g/mol. The number of benzene rings is 2. The number of hydrogen-bond acceptors (Lipinski definition) is 5. The van der Waals surface area contributed by atoms with Gasteiger partial charge in [0.15, 0.2) is 0 Å². The number of rotatable bonds is 16. The second kappa shape index (κ2) is 16.7. The fourth-order valence-corrected chi connectivity index (χ4v) is 5.11. The van der Waals surface area contributed by atoms with Crippen LogP contribution in [0.1, 0.15) is 106 Å². The highest BCUT2D eigenvalue weighted by Crippen LogP contribution is 2.37. The smallest absolute Gasteiger partial charge is 0.343 e. The summed E-state index contributed by atoms with van der Waals surface area (Å²) >= 11 is 0. The van der Waals surface area contributed by atoms with Gasteiger partial charge in [0, 0.05) is 6.08 Å². The van der Waals surface area contributed by atoms with E-state index in [0.717, 1.165) is 37.4 Å². The molecule has 0 saturated heterocycles. The Balaban J connectivity index is 1.33. The molecular formula is C33H44O5. The van der Waals surface area contributed by atoms with Gasteiger partial charge in [-0.15, -0.1) is 0 Å². The molecule has 1 aliphatic rings. The van der Waals surface area contributed by atoms with E-state index in [-0.39, 0.29) is 11.9 Å². The summed E-state index contributed by atoms with van der Waals surface area (Å²) in [5.41, 5.74) is 1.91. The van der Waals surface area contributed by atoms with Crippen LogP contribution >= 0.6 is 0 Å². The Hall–Kier alpha value is -3.08. The minimum Gasteiger partial charge on any atom is -0.494 e. The third-order valence-corrected chi connectivity index (χ3v) is 7.43. The molecule has 5 nitrogen and oxygen atoms in total. The summed E-state index contributed by atoms with van der Waals surface area (Å²) in [6, 6.07) is 15.1. The van der Waals surface area contributed by atoms with Crippen molar-refractivity contribution in [1.29, 1.82) is 0 Å². The van der Waals surface area contributed by atoms with E-state index in [1.807, 2.05) is 24.3 Å². The summed E-state index contributed by atoms with van der Waals surface area (Å²) in [4.78, 5) is 23.6. The first-order valence-corrected chi connectivity index (χ1v) is 14.4. The zero-order chi connectivity index (χ0) is 27.0. The second-order valence-corrected chi connectivity index (χ2v) is 10.3. The SMILES string of the molecule is C=CC(=O)OCCCCCCOc1ccc(OC(=O)c2ccc(C3CCC(CCCCC)CC3)cc2)cc1. The van der Waals surface area contributed by atoms with E-state index < -0.39 is 0 Å². The summed E-state index contributed by atoms with van der Waals surface area (Å²) < 4.78 is 16.3. The Bertz CT molecular complexity index is 971. The molecule has 0 spiro atoms. The fraction of sp³-hybridized carbons (Fsp3) is 0.515. The summed E-state index contributed by atoms with van der Waals surface area (Å²) in [7, 11) is 0. The molecule has 0 atom stereocenters. The summed E-state index contributed by atoms with van der Waals surface area (Å²) in [5.74, 6) is 2.04. The maximum Gasteiger partial charge on any atom is 0.343 e. The van der Waals surface area contributed by atoms with E-state index >= 15 is 0 Å². The van der Waals surface area contributed by atoms with Crippen LogP contribution in [0, 0.1) is 5.92 Å². The van der Waals surface area contributed by atoms with Gasteiger partial charge < -0.3 is 14.2 Å². The molecule has 1 fully saturated rings. The highest BCUT2D eigenvalue weighted by molar-refractivity contribution is 5.91. The van der Waals surface area contributed by atoms with Crippen molar-refractivity contribution in [3.8, 4) is 11.5 Å². The number of carbonyl (C=O) groups is 2. The van der Waals surface area contributed by atoms with Gasteiger partial charge in [0.05, 0.1) is 18.8 Å². The van der Waals surface area contributed by atoms with E-state index in [1.165, 1.54) is 63.0 Å². The highest BCUT2D eigenvalue weighted by Gasteiger charge is 2.22. The zero-order valence-corrected chi connectivity index (χ0v) is 23.0. The third kappa shape index (κ3) is 10.4. The number of unbranched alkanes of at least 4 members (excludes halogenated alkanes) is 5. The third-order valence-electron chi connectivity index (χ3n) is 7.43. The van der Waals surface area contributed by atoms with Crippen LogP contribution in [-0.4, -0.2) is 25.2 Å². The van der Waals surface area contributed by atoms with Gasteiger partial charge in [-0.2, -0.15) is 0 Å². The lowest BCUT2D eigenvalue weighted by atomic mass is 9.77. The quantitative estimate of drug-likeness (QED) is 0.0962. The van der Waals surface area contributed by atoms with E-state index in [1.54, 1.807) is 12.1 Å². The van der Waals surface area contributed by atoms with Crippen LogP contribution in [0.25, 0.3) is 0 Å². The lowest BCUT2D eigenvalue weighted by Crippen LogP contribution is -2.14. The van der Waals surface area contributed by atoms with Crippen molar-refractivity contribution in [2.24, 2.45) is 5.92 Å². The average molecular weight is 521 g/mol. The molecule has 2 aromatic carbocycles.